The molecule has 2 N–H and O–H groups in total. The molecule has 6 rings (SSSR count). The summed E-state index contributed by atoms with van der Waals surface area (Å²) in [5, 5.41) is 14.5. The SMILES string of the molecule is COc1cc(OC)c2c(c1Cl)OC1(C(=O)C=C(Nc3ccc(-c4nc5cc(Cl)ccc5o4)c(O)c3)CC1C)C2=O. The van der Waals surface area contributed by atoms with E-state index in [1.54, 1.807) is 37.3 Å². The molecule has 11 heteroatoms. The number of benzene rings is 3. The van der Waals surface area contributed by atoms with Crippen molar-refractivity contribution < 1.29 is 33.3 Å². The Hall–Kier alpha value is -4.21. The van der Waals surface area contributed by atoms with Crippen molar-refractivity contribution in [3.8, 4) is 34.5 Å². The maximum absolute atomic E-state index is 13.7. The van der Waals surface area contributed by atoms with Crippen LogP contribution in [0.5, 0.6) is 23.0 Å². The molecule has 2 aliphatic rings. The average molecular weight is 581 g/mol. The van der Waals surface area contributed by atoms with Crippen molar-refractivity contribution in [1.82, 2.24) is 4.98 Å². The number of ketones is 2. The molecule has 40 heavy (non-hydrogen) atoms. The predicted octanol–water partition coefficient (Wildman–Crippen LogP) is 6.44. The van der Waals surface area contributed by atoms with Crippen LogP contribution in [0.15, 0.2) is 58.7 Å². The standard InChI is InChI=1S/C29H22Cl2N2O7/c1-13-8-16(11-23(35)29(13)27(36)24-21(37-2)12-22(38-3)25(31)26(24)40-29)32-15-5-6-17(19(34)10-15)28-33-18-9-14(30)4-7-20(18)39-28/h4-7,9-13,32,34H,8H2,1-3H3. The van der Waals surface area contributed by atoms with Gasteiger partial charge in [0.1, 0.15) is 33.4 Å². The second-order valence-electron chi connectivity index (χ2n) is 9.59. The minimum Gasteiger partial charge on any atom is -0.507 e. The van der Waals surface area contributed by atoms with Crippen LogP contribution in [0.25, 0.3) is 22.6 Å². The first kappa shape index (κ1) is 26.0. The van der Waals surface area contributed by atoms with E-state index in [2.05, 4.69) is 10.3 Å². The highest BCUT2D eigenvalue weighted by molar-refractivity contribution is 6.36. The molecular formula is C29H22Cl2N2O7. The summed E-state index contributed by atoms with van der Waals surface area (Å²) < 4.78 is 22.5. The van der Waals surface area contributed by atoms with Crippen LogP contribution in [-0.4, -0.2) is 41.5 Å². The molecular weight excluding hydrogens is 559 g/mol. The summed E-state index contributed by atoms with van der Waals surface area (Å²) >= 11 is 12.5. The van der Waals surface area contributed by atoms with E-state index in [1.807, 2.05) is 0 Å². The molecule has 1 aromatic heterocycles. The van der Waals surface area contributed by atoms with Gasteiger partial charge in [-0.15, -0.1) is 0 Å². The molecule has 1 spiro atoms. The third-order valence-corrected chi connectivity index (χ3v) is 7.79. The van der Waals surface area contributed by atoms with Gasteiger partial charge in [0, 0.05) is 40.5 Å². The van der Waals surface area contributed by atoms with E-state index in [0.717, 1.165) is 0 Å². The van der Waals surface area contributed by atoms with Crippen molar-refractivity contribution in [2.24, 2.45) is 5.92 Å². The molecule has 0 amide bonds. The normalized spacial score (nSPS) is 19.9. The highest BCUT2D eigenvalue weighted by Gasteiger charge is 2.60. The summed E-state index contributed by atoms with van der Waals surface area (Å²) in [6, 6.07) is 11.5. The van der Waals surface area contributed by atoms with Gasteiger partial charge in [0.05, 0.1) is 19.8 Å². The number of aromatic nitrogens is 1. The van der Waals surface area contributed by atoms with Gasteiger partial charge in [0.25, 0.3) is 0 Å². The average Bonchev–Trinajstić information content (AvgIpc) is 3.47. The number of aromatic hydroxyl groups is 1. The second-order valence-corrected chi connectivity index (χ2v) is 10.4. The summed E-state index contributed by atoms with van der Waals surface area (Å²) in [7, 11) is 2.85. The van der Waals surface area contributed by atoms with Gasteiger partial charge in [-0.25, -0.2) is 4.98 Å². The van der Waals surface area contributed by atoms with E-state index >= 15 is 0 Å². The van der Waals surface area contributed by atoms with Crippen LogP contribution in [0.1, 0.15) is 23.7 Å². The van der Waals surface area contributed by atoms with E-state index in [0.29, 0.717) is 39.5 Å². The number of allylic oxidation sites excluding steroid dienone is 1. The molecule has 2 unspecified atom stereocenters. The number of Topliss-reactive ketones (excluding diaryl/α,β-unsaturated/α-hetero) is 1. The van der Waals surface area contributed by atoms with Gasteiger partial charge in [-0.05, 0) is 36.8 Å². The van der Waals surface area contributed by atoms with Crippen molar-refractivity contribution in [3.63, 3.8) is 0 Å². The van der Waals surface area contributed by atoms with Gasteiger partial charge in [-0.2, -0.15) is 0 Å². The summed E-state index contributed by atoms with van der Waals surface area (Å²) in [6.45, 7) is 1.76. The summed E-state index contributed by atoms with van der Waals surface area (Å²) in [6.07, 6.45) is 1.65. The van der Waals surface area contributed by atoms with Crippen LogP contribution in [0.2, 0.25) is 10.0 Å². The number of carbonyl (C=O) groups is 2. The number of nitrogens with one attached hydrogen (secondary N) is 1. The molecule has 204 valence electrons. The number of anilines is 1. The highest BCUT2D eigenvalue weighted by Crippen LogP contribution is 2.53. The summed E-state index contributed by atoms with van der Waals surface area (Å²) in [5.41, 5.74) is 0.912. The van der Waals surface area contributed by atoms with Gasteiger partial charge in [0.2, 0.25) is 23.1 Å². The fourth-order valence-corrected chi connectivity index (χ4v) is 5.64. The third-order valence-electron chi connectivity index (χ3n) is 7.19. The Labute approximate surface area is 238 Å². The Kier molecular flexibility index (Phi) is 6.16. The summed E-state index contributed by atoms with van der Waals surface area (Å²) in [5.74, 6) is -0.893. The lowest BCUT2D eigenvalue weighted by Gasteiger charge is -2.35. The molecule has 2 heterocycles. The Bertz CT molecular complexity index is 1760. The van der Waals surface area contributed by atoms with Crippen LogP contribution in [-0.2, 0) is 4.79 Å². The molecule has 0 saturated carbocycles. The molecule has 9 nitrogen and oxygen atoms in total. The second kappa shape index (κ2) is 9.46. The highest BCUT2D eigenvalue weighted by atomic mass is 35.5. The van der Waals surface area contributed by atoms with Crippen LogP contribution < -0.4 is 19.5 Å². The summed E-state index contributed by atoms with van der Waals surface area (Å²) in [4.78, 5) is 31.6. The zero-order chi connectivity index (χ0) is 28.3. The van der Waals surface area contributed by atoms with Crippen molar-refractivity contribution in [2.45, 2.75) is 18.9 Å². The molecule has 1 aliphatic heterocycles. The number of oxazole rings is 1. The van der Waals surface area contributed by atoms with E-state index in [9.17, 15) is 14.7 Å². The van der Waals surface area contributed by atoms with Crippen LogP contribution in [0, 0.1) is 5.92 Å². The first-order valence-corrected chi connectivity index (χ1v) is 13.0. The van der Waals surface area contributed by atoms with Crippen molar-refractivity contribution in [1.29, 1.82) is 0 Å². The lowest BCUT2D eigenvalue weighted by molar-refractivity contribution is -0.129. The van der Waals surface area contributed by atoms with Gasteiger partial charge in [0.15, 0.2) is 11.3 Å². The Balaban J connectivity index is 1.28. The molecule has 0 bridgehead atoms. The van der Waals surface area contributed by atoms with E-state index in [-0.39, 0.29) is 39.5 Å². The zero-order valence-corrected chi connectivity index (χ0v) is 23.0. The zero-order valence-electron chi connectivity index (χ0n) is 21.5. The molecule has 4 aromatic rings. The Morgan fingerprint density at radius 2 is 1.85 bits per heavy atom. The van der Waals surface area contributed by atoms with Gasteiger partial charge in [-0.3, -0.25) is 9.59 Å². The number of carbonyl (C=O) groups excluding carboxylic acids is 2. The van der Waals surface area contributed by atoms with Crippen LogP contribution >= 0.6 is 23.2 Å². The largest absolute Gasteiger partial charge is 0.507 e. The predicted molar refractivity (Wildman–Crippen MR) is 149 cm³/mol. The first-order valence-electron chi connectivity index (χ1n) is 12.3. The smallest absolute Gasteiger partial charge is 0.236 e. The van der Waals surface area contributed by atoms with Crippen LogP contribution in [0.3, 0.4) is 0 Å². The Morgan fingerprint density at radius 3 is 2.55 bits per heavy atom. The number of phenolic OH excluding ortho intramolecular Hbond substituents is 1. The number of halogens is 2. The van der Waals surface area contributed by atoms with Crippen molar-refractivity contribution in [2.75, 3.05) is 19.5 Å². The third kappa shape index (κ3) is 3.88. The fraction of sp³-hybridized carbons (Fsp3) is 0.207. The fourth-order valence-electron chi connectivity index (χ4n) is 5.21. The van der Waals surface area contributed by atoms with Gasteiger partial charge in [-0.1, -0.05) is 30.1 Å². The van der Waals surface area contributed by atoms with Gasteiger partial charge >= 0.3 is 0 Å². The molecule has 0 fully saturated rings. The lowest BCUT2D eigenvalue weighted by Crippen LogP contribution is -2.55. The van der Waals surface area contributed by atoms with Gasteiger partial charge < -0.3 is 29.1 Å². The van der Waals surface area contributed by atoms with Crippen molar-refractivity contribution >= 4 is 51.6 Å². The number of phenols is 1. The van der Waals surface area contributed by atoms with E-state index < -0.39 is 23.1 Å². The topological polar surface area (TPSA) is 120 Å². The van der Waals surface area contributed by atoms with E-state index in [1.165, 1.54) is 32.4 Å². The van der Waals surface area contributed by atoms with E-state index in [4.69, 9.17) is 41.8 Å². The Morgan fingerprint density at radius 1 is 1.07 bits per heavy atom. The number of fused-ring (bicyclic) bond motifs is 2. The van der Waals surface area contributed by atoms with Crippen molar-refractivity contribution in [3.05, 3.63) is 69.8 Å². The lowest BCUT2D eigenvalue weighted by atomic mass is 9.74. The first-order chi connectivity index (χ1) is 19.2. The maximum atomic E-state index is 13.7. The minimum absolute atomic E-state index is 0.0647. The number of ether oxygens (including phenoxy) is 3. The monoisotopic (exact) mass is 580 g/mol. The minimum atomic E-state index is -1.78. The number of hydrogen-bond donors (Lipinski definition) is 2. The number of hydrogen-bond acceptors (Lipinski definition) is 9. The molecule has 0 saturated heterocycles. The molecule has 2 atom stereocenters. The quantitative estimate of drug-likeness (QED) is 0.257. The molecule has 3 aromatic carbocycles. The molecule has 0 radical (unpaired) electrons. The number of rotatable bonds is 5. The maximum Gasteiger partial charge on any atom is 0.236 e. The number of methoxy groups -OCH3 is 2. The molecule has 1 aliphatic carbocycles. The van der Waals surface area contributed by atoms with Crippen LogP contribution in [0.4, 0.5) is 5.69 Å². The number of nitrogens with zero attached hydrogens (tertiary/aromatic N) is 1.